The summed E-state index contributed by atoms with van der Waals surface area (Å²) in [5.74, 6) is 0.621. The van der Waals surface area contributed by atoms with Crippen molar-refractivity contribution in [1.29, 1.82) is 0 Å². The van der Waals surface area contributed by atoms with Crippen molar-refractivity contribution < 1.29 is 4.79 Å². The second-order valence-corrected chi connectivity index (χ2v) is 11.8. The number of piperidine rings is 1. The maximum atomic E-state index is 12.1. The van der Waals surface area contributed by atoms with E-state index in [2.05, 4.69) is 104 Å². The summed E-state index contributed by atoms with van der Waals surface area (Å²) in [6.07, 6.45) is 4.55. The molecule has 0 atom stereocenters. The molecule has 5 heteroatoms. The summed E-state index contributed by atoms with van der Waals surface area (Å²) >= 11 is 3.66. The van der Waals surface area contributed by atoms with Gasteiger partial charge in [-0.25, -0.2) is 0 Å². The molecule has 1 aliphatic heterocycles. The number of likely N-dealkylation sites (tertiary alicyclic amines) is 1. The third-order valence-electron chi connectivity index (χ3n) is 7.95. The number of amides is 1. The smallest absolute Gasteiger partial charge is 0.226 e. The Hall–Kier alpha value is -2.89. The van der Waals surface area contributed by atoms with Crippen molar-refractivity contribution in [3.8, 4) is 11.3 Å². The summed E-state index contributed by atoms with van der Waals surface area (Å²) in [5, 5.41) is 4.42. The predicted molar refractivity (Wildman–Crippen MR) is 163 cm³/mol. The van der Waals surface area contributed by atoms with Crippen molar-refractivity contribution in [3.05, 3.63) is 88.4 Å². The molecule has 1 saturated heterocycles. The highest BCUT2D eigenvalue weighted by atomic mass is 79.9. The summed E-state index contributed by atoms with van der Waals surface area (Å²) in [4.78, 5) is 14.7. The fraction of sp³-hybridized carbons (Fsp3) is 0.364. The molecule has 0 unspecified atom stereocenters. The number of para-hydroxylation sites is 1. The summed E-state index contributed by atoms with van der Waals surface area (Å²) in [6, 6.07) is 25.9. The molecule has 38 heavy (non-hydrogen) atoms. The van der Waals surface area contributed by atoms with E-state index < -0.39 is 0 Å². The lowest BCUT2D eigenvalue weighted by Crippen LogP contribution is -2.33. The number of benzene rings is 3. The molecule has 1 aliphatic rings. The van der Waals surface area contributed by atoms with E-state index in [0.29, 0.717) is 5.92 Å². The molecule has 4 aromatic rings. The van der Waals surface area contributed by atoms with E-state index >= 15 is 0 Å². The molecule has 5 rings (SSSR count). The summed E-state index contributed by atoms with van der Waals surface area (Å²) < 4.78 is 3.47. The molecule has 1 aromatic heterocycles. The summed E-state index contributed by atoms with van der Waals surface area (Å²) in [6.45, 7) is 7.23. The molecule has 4 nitrogen and oxygen atoms in total. The number of hydrogen-bond acceptors (Lipinski definition) is 2. The minimum absolute atomic E-state index is 0.0126. The van der Waals surface area contributed by atoms with Crippen LogP contribution in [0.2, 0.25) is 0 Å². The Kier molecular flexibility index (Phi) is 8.35. The van der Waals surface area contributed by atoms with Crippen LogP contribution in [0.1, 0.15) is 50.2 Å². The Morgan fingerprint density at radius 3 is 2.53 bits per heavy atom. The molecule has 1 amide bonds. The maximum absolute atomic E-state index is 12.1. The van der Waals surface area contributed by atoms with Crippen LogP contribution in [0, 0.1) is 5.92 Å². The molecule has 2 heterocycles. The lowest BCUT2D eigenvalue weighted by Gasteiger charge is -2.32. The van der Waals surface area contributed by atoms with Crippen LogP contribution >= 0.6 is 15.9 Å². The van der Waals surface area contributed by atoms with Crippen molar-refractivity contribution in [2.45, 2.75) is 45.4 Å². The SMILES string of the molecule is CC(C)C(=O)Nc1cccc(C2CCN(CCCc3c(-c4cccc(Br)c4)n(C)c4ccccc34)CC2)c1. The first-order chi connectivity index (χ1) is 18.4. The molecule has 1 fully saturated rings. The summed E-state index contributed by atoms with van der Waals surface area (Å²) in [5.41, 5.74) is 7.61. The van der Waals surface area contributed by atoms with E-state index in [1.54, 1.807) is 0 Å². The van der Waals surface area contributed by atoms with Crippen LogP contribution in [0.25, 0.3) is 22.2 Å². The van der Waals surface area contributed by atoms with Crippen LogP contribution in [0.5, 0.6) is 0 Å². The number of aryl methyl sites for hydroxylation is 2. The molecule has 0 spiro atoms. The van der Waals surface area contributed by atoms with E-state index in [0.717, 1.165) is 42.6 Å². The van der Waals surface area contributed by atoms with Crippen LogP contribution in [-0.4, -0.2) is 35.0 Å². The average molecular weight is 573 g/mol. The van der Waals surface area contributed by atoms with E-state index in [4.69, 9.17) is 0 Å². The normalized spacial score (nSPS) is 14.9. The van der Waals surface area contributed by atoms with Crippen molar-refractivity contribution in [1.82, 2.24) is 9.47 Å². The van der Waals surface area contributed by atoms with Gasteiger partial charge in [0.1, 0.15) is 0 Å². The van der Waals surface area contributed by atoms with Crippen LogP contribution in [0.3, 0.4) is 0 Å². The largest absolute Gasteiger partial charge is 0.343 e. The molecule has 3 aromatic carbocycles. The predicted octanol–water partition coefficient (Wildman–Crippen LogP) is 8.01. The number of hydrogen-bond donors (Lipinski definition) is 1. The number of carbonyl (C=O) groups excluding carboxylic acids is 1. The van der Waals surface area contributed by atoms with Gasteiger partial charge in [0, 0.05) is 34.0 Å². The number of halogens is 1. The molecule has 0 saturated carbocycles. The Morgan fingerprint density at radius 1 is 1.00 bits per heavy atom. The first-order valence-electron chi connectivity index (χ1n) is 13.9. The third-order valence-corrected chi connectivity index (χ3v) is 8.44. The zero-order valence-electron chi connectivity index (χ0n) is 22.7. The van der Waals surface area contributed by atoms with Crippen LogP contribution in [0.15, 0.2) is 77.3 Å². The van der Waals surface area contributed by atoms with Gasteiger partial charge >= 0.3 is 0 Å². The quantitative estimate of drug-likeness (QED) is 0.232. The Morgan fingerprint density at radius 2 is 1.76 bits per heavy atom. The fourth-order valence-corrected chi connectivity index (χ4v) is 6.25. The topological polar surface area (TPSA) is 37.3 Å². The standard InChI is InChI=1S/C33H38BrN3O/c1-23(2)33(38)35-28-12-7-9-25(22-28)24-16-19-37(20-17-24)18-8-14-30-29-13-4-5-15-31(29)36(3)32(30)26-10-6-11-27(34)21-26/h4-7,9-13,15,21-24H,8,14,16-20H2,1-3H3,(H,35,38). The van der Waals surface area contributed by atoms with Crippen LogP contribution < -0.4 is 5.32 Å². The van der Waals surface area contributed by atoms with Crippen molar-refractivity contribution in [2.24, 2.45) is 13.0 Å². The van der Waals surface area contributed by atoms with Crippen molar-refractivity contribution >= 4 is 38.4 Å². The second kappa shape index (κ2) is 11.9. The number of aromatic nitrogens is 1. The van der Waals surface area contributed by atoms with Gasteiger partial charge in [-0.1, -0.05) is 72.2 Å². The third kappa shape index (κ3) is 5.89. The van der Waals surface area contributed by atoms with Gasteiger partial charge in [-0.2, -0.15) is 0 Å². The highest BCUT2D eigenvalue weighted by molar-refractivity contribution is 9.10. The van der Waals surface area contributed by atoms with Gasteiger partial charge < -0.3 is 14.8 Å². The Labute approximate surface area is 235 Å². The average Bonchev–Trinajstić information content (AvgIpc) is 3.20. The minimum atomic E-state index is -0.0126. The molecule has 0 radical (unpaired) electrons. The number of carbonyl (C=O) groups is 1. The fourth-order valence-electron chi connectivity index (χ4n) is 5.85. The van der Waals surface area contributed by atoms with Gasteiger partial charge in [0.05, 0.1) is 5.69 Å². The second-order valence-electron chi connectivity index (χ2n) is 10.9. The molecular weight excluding hydrogens is 534 g/mol. The van der Waals surface area contributed by atoms with Gasteiger partial charge in [0.15, 0.2) is 0 Å². The first-order valence-corrected chi connectivity index (χ1v) is 14.7. The molecule has 1 N–H and O–H groups in total. The lowest BCUT2D eigenvalue weighted by atomic mass is 9.89. The van der Waals surface area contributed by atoms with E-state index in [-0.39, 0.29) is 11.8 Å². The van der Waals surface area contributed by atoms with Gasteiger partial charge in [0.25, 0.3) is 0 Å². The zero-order chi connectivity index (χ0) is 26.6. The highest BCUT2D eigenvalue weighted by Gasteiger charge is 2.22. The van der Waals surface area contributed by atoms with E-state index in [9.17, 15) is 4.79 Å². The molecule has 198 valence electrons. The van der Waals surface area contributed by atoms with Gasteiger partial charge in [-0.05, 0) is 98.3 Å². The van der Waals surface area contributed by atoms with Crippen LogP contribution in [0.4, 0.5) is 5.69 Å². The van der Waals surface area contributed by atoms with Crippen LogP contribution in [-0.2, 0) is 18.3 Å². The van der Waals surface area contributed by atoms with Crippen molar-refractivity contribution in [3.63, 3.8) is 0 Å². The van der Waals surface area contributed by atoms with E-state index in [1.807, 2.05) is 19.9 Å². The Bertz CT molecular complexity index is 1420. The van der Waals surface area contributed by atoms with E-state index in [1.165, 1.54) is 46.1 Å². The number of nitrogens with zero attached hydrogens (tertiary/aromatic N) is 2. The molecule has 0 bridgehead atoms. The highest BCUT2D eigenvalue weighted by Crippen LogP contribution is 2.35. The number of fused-ring (bicyclic) bond motifs is 1. The first kappa shape index (κ1) is 26.7. The van der Waals surface area contributed by atoms with Crippen molar-refractivity contribution in [2.75, 3.05) is 25.0 Å². The number of rotatable bonds is 8. The Balaban J connectivity index is 1.22. The van der Waals surface area contributed by atoms with Gasteiger partial charge in [-0.15, -0.1) is 0 Å². The van der Waals surface area contributed by atoms with Gasteiger partial charge in [-0.3, -0.25) is 4.79 Å². The molecular formula is C33H38BrN3O. The maximum Gasteiger partial charge on any atom is 0.226 e. The number of nitrogens with one attached hydrogen (secondary N) is 1. The lowest BCUT2D eigenvalue weighted by molar-refractivity contribution is -0.118. The minimum Gasteiger partial charge on any atom is -0.343 e. The number of anilines is 1. The van der Waals surface area contributed by atoms with Gasteiger partial charge in [0.2, 0.25) is 5.91 Å². The monoisotopic (exact) mass is 571 g/mol. The summed E-state index contributed by atoms with van der Waals surface area (Å²) in [7, 11) is 2.19. The molecule has 0 aliphatic carbocycles. The zero-order valence-corrected chi connectivity index (χ0v) is 24.3.